The number of hydrogen-bond donors (Lipinski definition) is 2. The molecule has 1 saturated heterocycles. The van der Waals surface area contributed by atoms with Gasteiger partial charge in [0.15, 0.2) is 5.11 Å². The van der Waals surface area contributed by atoms with Crippen molar-refractivity contribution in [2.45, 2.75) is 32.7 Å². The van der Waals surface area contributed by atoms with Gasteiger partial charge in [0.05, 0.1) is 18.7 Å². The van der Waals surface area contributed by atoms with Crippen LogP contribution in [0.1, 0.15) is 24.5 Å². The van der Waals surface area contributed by atoms with Gasteiger partial charge in [-0.1, -0.05) is 30.3 Å². The molecule has 4 rings (SSSR count). The van der Waals surface area contributed by atoms with E-state index >= 15 is 0 Å². The summed E-state index contributed by atoms with van der Waals surface area (Å²) in [6.07, 6.45) is 2.06. The number of nitrogens with zero attached hydrogens (tertiary/aromatic N) is 2. The van der Waals surface area contributed by atoms with Crippen molar-refractivity contribution in [3.63, 3.8) is 0 Å². The average molecular weight is 435 g/mol. The molecule has 162 valence electrons. The van der Waals surface area contributed by atoms with Crippen LogP contribution in [0.15, 0.2) is 54.6 Å². The van der Waals surface area contributed by atoms with Crippen molar-refractivity contribution in [3.05, 3.63) is 65.7 Å². The second kappa shape index (κ2) is 10.1. The third-order valence-electron chi connectivity index (χ3n) is 5.68. The van der Waals surface area contributed by atoms with Crippen LogP contribution in [0.4, 0.5) is 11.5 Å². The van der Waals surface area contributed by atoms with Gasteiger partial charge < -0.3 is 20.3 Å². The summed E-state index contributed by atoms with van der Waals surface area (Å²) in [5.74, 6) is 1.03. The van der Waals surface area contributed by atoms with Crippen molar-refractivity contribution in [3.8, 4) is 0 Å². The fourth-order valence-corrected chi connectivity index (χ4v) is 4.22. The molecule has 5 nitrogen and oxygen atoms in total. The Morgan fingerprint density at radius 3 is 2.68 bits per heavy atom. The third-order valence-corrected chi connectivity index (χ3v) is 5.90. The molecule has 2 heterocycles. The molecule has 6 heteroatoms. The van der Waals surface area contributed by atoms with Crippen LogP contribution < -0.4 is 15.5 Å². The molecule has 0 aliphatic carbocycles. The molecule has 0 spiro atoms. The maximum atomic E-state index is 5.55. The molecular formula is C25H30N4OS. The highest BCUT2D eigenvalue weighted by molar-refractivity contribution is 7.80. The van der Waals surface area contributed by atoms with Gasteiger partial charge in [0.2, 0.25) is 0 Å². The number of aryl methyl sites for hydroxylation is 2. The normalized spacial score (nSPS) is 15.0. The largest absolute Gasteiger partial charge is 0.378 e. The quantitative estimate of drug-likeness (QED) is 0.549. The van der Waals surface area contributed by atoms with Crippen molar-refractivity contribution in [2.75, 3.05) is 36.5 Å². The van der Waals surface area contributed by atoms with Crippen molar-refractivity contribution < 1.29 is 4.74 Å². The summed E-state index contributed by atoms with van der Waals surface area (Å²) >= 11 is 5.55. The molecule has 1 atom stereocenters. The first kappa shape index (κ1) is 21.5. The lowest BCUT2D eigenvalue weighted by Crippen LogP contribution is -2.36. The molecule has 2 aromatic carbocycles. The fraction of sp³-hybridized carbons (Fsp3) is 0.360. The molecule has 1 aliphatic heterocycles. The van der Waals surface area contributed by atoms with Gasteiger partial charge in [0, 0.05) is 30.2 Å². The first-order chi connectivity index (χ1) is 15.1. The number of morpholine rings is 1. The van der Waals surface area contributed by atoms with Crippen LogP contribution in [0.2, 0.25) is 0 Å². The zero-order chi connectivity index (χ0) is 21.6. The van der Waals surface area contributed by atoms with Crippen LogP contribution in [0.3, 0.4) is 0 Å². The van der Waals surface area contributed by atoms with Gasteiger partial charge in [0.25, 0.3) is 0 Å². The Labute approximate surface area is 189 Å². The number of hydrogen-bond acceptors (Lipinski definition) is 4. The van der Waals surface area contributed by atoms with E-state index in [0.29, 0.717) is 11.2 Å². The minimum absolute atomic E-state index is 0.292. The molecule has 31 heavy (non-hydrogen) atoms. The van der Waals surface area contributed by atoms with Gasteiger partial charge >= 0.3 is 0 Å². The summed E-state index contributed by atoms with van der Waals surface area (Å²) in [5.41, 5.74) is 4.54. The number of aromatic nitrogens is 1. The maximum Gasteiger partial charge on any atom is 0.170 e. The number of pyridine rings is 1. The third kappa shape index (κ3) is 5.71. The SMILES string of the molecule is Cc1cc(N2CCOCC2)nc2ccc(NC(=S)N[C@@H](C)CCc3ccccc3)cc12. The summed E-state index contributed by atoms with van der Waals surface area (Å²) < 4.78 is 5.46. The number of nitrogens with one attached hydrogen (secondary N) is 2. The lowest BCUT2D eigenvalue weighted by Gasteiger charge is -2.28. The maximum absolute atomic E-state index is 5.55. The summed E-state index contributed by atoms with van der Waals surface area (Å²) in [6.45, 7) is 7.60. The summed E-state index contributed by atoms with van der Waals surface area (Å²) in [7, 11) is 0. The molecule has 0 unspecified atom stereocenters. The minimum atomic E-state index is 0.292. The molecule has 0 amide bonds. The second-order valence-electron chi connectivity index (χ2n) is 8.15. The Hall–Kier alpha value is -2.70. The van der Waals surface area contributed by atoms with E-state index in [2.05, 4.69) is 77.9 Å². The molecule has 2 N–H and O–H groups in total. The molecule has 0 radical (unpaired) electrons. The number of anilines is 2. The smallest absolute Gasteiger partial charge is 0.170 e. The topological polar surface area (TPSA) is 49.4 Å². The monoisotopic (exact) mass is 434 g/mol. The van der Waals surface area contributed by atoms with Crippen LogP contribution in [-0.2, 0) is 11.2 Å². The Balaban J connectivity index is 1.37. The summed E-state index contributed by atoms with van der Waals surface area (Å²) in [4.78, 5) is 7.17. The Morgan fingerprint density at radius 2 is 1.90 bits per heavy atom. The highest BCUT2D eigenvalue weighted by Crippen LogP contribution is 2.26. The van der Waals surface area contributed by atoms with E-state index in [9.17, 15) is 0 Å². The first-order valence-corrected chi connectivity index (χ1v) is 11.3. The van der Waals surface area contributed by atoms with Crippen molar-refractivity contribution >= 4 is 39.7 Å². The molecule has 0 saturated carbocycles. The molecule has 1 aliphatic rings. The van der Waals surface area contributed by atoms with Gasteiger partial charge in [-0.3, -0.25) is 0 Å². The average Bonchev–Trinajstić information content (AvgIpc) is 2.79. The number of ether oxygens (including phenoxy) is 1. The highest BCUT2D eigenvalue weighted by Gasteiger charge is 2.14. The second-order valence-corrected chi connectivity index (χ2v) is 8.56. The highest BCUT2D eigenvalue weighted by atomic mass is 32.1. The standard InChI is InChI=1S/C25H30N4OS/c1-18-16-24(29-12-14-30-15-13-29)28-23-11-10-21(17-22(18)23)27-25(31)26-19(2)8-9-20-6-4-3-5-7-20/h3-7,10-11,16-17,19H,8-9,12-15H2,1-2H3,(H2,26,27,31)/t19-/m0/s1. The number of fused-ring (bicyclic) bond motifs is 1. The Morgan fingerprint density at radius 1 is 1.13 bits per heavy atom. The van der Waals surface area contributed by atoms with Gasteiger partial charge in [-0.25, -0.2) is 4.98 Å². The van der Waals surface area contributed by atoms with E-state index in [0.717, 1.165) is 61.6 Å². The van der Waals surface area contributed by atoms with Crippen LogP contribution >= 0.6 is 12.2 Å². The summed E-state index contributed by atoms with van der Waals surface area (Å²) in [5, 5.41) is 8.52. The first-order valence-electron chi connectivity index (χ1n) is 10.9. The van der Waals surface area contributed by atoms with Crippen LogP contribution in [-0.4, -0.2) is 42.4 Å². The molecule has 1 aromatic heterocycles. The zero-order valence-corrected chi connectivity index (χ0v) is 19.0. The van der Waals surface area contributed by atoms with Crippen LogP contribution in [0.5, 0.6) is 0 Å². The van der Waals surface area contributed by atoms with E-state index < -0.39 is 0 Å². The molecule has 0 bridgehead atoms. The van der Waals surface area contributed by atoms with Crippen LogP contribution in [0.25, 0.3) is 10.9 Å². The Kier molecular flexibility index (Phi) is 6.99. The van der Waals surface area contributed by atoms with Gasteiger partial charge in [0.1, 0.15) is 5.82 Å². The van der Waals surface area contributed by atoms with E-state index in [1.54, 1.807) is 0 Å². The number of thiocarbonyl (C=S) groups is 1. The van der Waals surface area contributed by atoms with Crippen molar-refractivity contribution in [1.82, 2.24) is 10.3 Å². The predicted molar refractivity (Wildman–Crippen MR) is 133 cm³/mol. The fourth-order valence-electron chi connectivity index (χ4n) is 3.90. The number of rotatable bonds is 6. The van der Waals surface area contributed by atoms with E-state index in [1.807, 2.05) is 6.07 Å². The van der Waals surface area contributed by atoms with E-state index in [-0.39, 0.29) is 0 Å². The molecule has 3 aromatic rings. The predicted octanol–water partition coefficient (Wildman–Crippen LogP) is 4.69. The molecular weight excluding hydrogens is 404 g/mol. The molecule has 1 fully saturated rings. The van der Waals surface area contributed by atoms with Gasteiger partial charge in [-0.05, 0) is 74.3 Å². The van der Waals surface area contributed by atoms with Gasteiger partial charge in [-0.15, -0.1) is 0 Å². The number of benzene rings is 2. The summed E-state index contributed by atoms with van der Waals surface area (Å²) in [6, 6.07) is 19.2. The van der Waals surface area contributed by atoms with Crippen LogP contribution in [0, 0.1) is 6.92 Å². The van der Waals surface area contributed by atoms with Crippen molar-refractivity contribution in [2.24, 2.45) is 0 Å². The van der Waals surface area contributed by atoms with E-state index in [4.69, 9.17) is 21.9 Å². The van der Waals surface area contributed by atoms with Gasteiger partial charge in [-0.2, -0.15) is 0 Å². The zero-order valence-electron chi connectivity index (χ0n) is 18.2. The minimum Gasteiger partial charge on any atom is -0.378 e. The lowest BCUT2D eigenvalue weighted by molar-refractivity contribution is 0.122. The Bertz CT molecular complexity index is 1030. The lowest BCUT2D eigenvalue weighted by atomic mass is 10.1. The van der Waals surface area contributed by atoms with Crippen molar-refractivity contribution in [1.29, 1.82) is 0 Å². The van der Waals surface area contributed by atoms with E-state index in [1.165, 1.54) is 11.1 Å².